The van der Waals surface area contributed by atoms with E-state index in [9.17, 15) is 9.59 Å². The van der Waals surface area contributed by atoms with Gasteiger partial charge in [0.05, 0.1) is 17.9 Å². The number of hydrogen-bond donors (Lipinski definition) is 0. The van der Waals surface area contributed by atoms with E-state index in [4.69, 9.17) is 4.74 Å². The first kappa shape index (κ1) is 13.7. The van der Waals surface area contributed by atoms with Crippen molar-refractivity contribution in [2.75, 3.05) is 12.4 Å². The number of esters is 1. The second-order valence-electron chi connectivity index (χ2n) is 2.83. The minimum Gasteiger partial charge on any atom is -0.461 e. The summed E-state index contributed by atoms with van der Waals surface area (Å²) in [5, 5.41) is 0.0224. The van der Waals surface area contributed by atoms with Crippen LogP contribution in [-0.2, 0) is 9.53 Å². The van der Waals surface area contributed by atoms with E-state index in [0.717, 1.165) is 11.8 Å². The summed E-state index contributed by atoms with van der Waals surface area (Å²) in [6.07, 6.45) is 0. The number of carbonyl (C=O) groups excluding carboxylic acids is 2. The first-order chi connectivity index (χ1) is 8.15. The maximum absolute atomic E-state index is 11.5. The van der Waals surface area contributed by atoms with E-state index in [-0.39, 0.29) is 10.8 Å². The molecular formula is C11H11NO3S2. The highest BCUT2D eigenvalue weighted by Gasteiger charge is 2.14. The van der Waals surface area contributed by atoms with Crippen molar-refractivity contribution in [3.05, 3.63) is 16.1 Å². The van der Waals surface area contributed by atoms with Gasteiger partial charge in [0.15, 0.2) is 10.8 Å². The lowest BCUT2D eigenvalue weighted by molar-refractivity contribution is -0.109. The van der Waals surface area contributed by atoms with E-state index in [1.165, 1.54) is 18.3 Å². The average molecular weight is 269 g/mol. The molecule has 6 heteroatoms. The molecular weight excluding hydrogens is 258 g/mol. The van der Waals surface area contributed by atoms with Gasteiger partial charge in [0, 0.05) is 6.92 Å². The third-order valence-electron chi connectivity index (χ3n) is 1.59. The van der Waals surface area contributed by atoms with Crippen LogP contribution in [0.3, 0.4) is 0 Å². The summed E-state index contributed by atoms with van der Waals surface area (Å²) < 4.78 is 4.85. The molecule has 0 saturated carbocycles. The number of aromatic nitrogens is 1. The van der Waals surface area contributed by atoms with Gasteiger partial charge in [-0.15, -0.1) is 11.3 Å². The molecule has 1 aromatic rings. The molecule has 0 atom stereocenters. The number of thiazole rings is 1. The molecule has 0 spiro atoms. The van der Waals surface area contributed by atoms with Crippen molar-refractivity contribution >= 4 is 34.2 Å². The van der Waals surface area contributed by atoms with Crippen LogP contribution in [0.4, 0.5) is 0 Å². The molecule has 17 heavy (non-hydrogen) atoms. The van der Waals surface area contributed by atoms with Crippen LogP contribution >= 0.6 is 23.1 Å². The monoisotopic (exact) mass is 269 g/mol. The number of ether oxygens (including phenoxy) is 1. The number of hydrogen-bond acceptors (Lipinski definition) is 6. The van der Waals surface area contributed by atoms with Crippen LogP contribution in [0.2, 0.25) is 0 Å². The largest absolute Gasteiger partial charge is 0.461 e. The quantitative estimate of drug-likeness (QED) is 0.620. The molecule has 0 amide bonds. The van der Waals surface area contributed by atoms with Crippen LogP contribution in [-0.4, -0.2) is 28.4 Å². The molecule has 1 rings (SSSR count). The predicted molar refractivity (Wildman–Crippen MR) is 68.1 cm³/mol. The highest BCUT2D eigenvalue weighted by atomic mass is 32.2. The van der Waals surface area contributed by atoms with Crippen molar-refractivity contribution in [1.82, 2.24) is 4.98 Å². The Balaban J connectivity index is 2.68. The minimum absolute atomic E-state index is 0.0224. The lowest BCUT2D eigenvalue weighted by Gasteiger charge is -1.97. The normalized spacial score (nSPS) is 9.29. The lowest BCUT2D eigenvalue weighted by atomic mass is 10.3. The number of thioether (sulfide) groups is 1. The highest BCUT2D eigenvalue weighted by molar-refractivity contribution is 8.13. The van der Waals surface area contributed by atoms with Crippen molar-refractivity contribution in [3.63, 3.8) is 0 Å². The maximum Gasteiger partial charge on any atom is 0.359 e. The molecule has 4 nitrogen and oxygen atoms in total. The summed E-state index contributed by atoms with van der Waals surface area (Å²) in [6, 6.07) is 0. The smallest absolute Gasteiger partial charge is 0.359 e. The van der Waals surface area contributed by atoms with E-state index in [1.54, 1.807) is 12.4 Å². The second kappa shape index (κ2) is 7.09. The lowest BCUT2D eigenvalue weighted by Crippen LogP contribution is -2.06. The fraction of sp³-hybridized carbons (Fsp3) is 0.364. The van der Waals surface area contributed by atoms with Gasteiger partial charge in [-0.2, -0.15) is 0 Å². The average Bonchev–Trinajstić information content (AvgIpc) is 2.72. The Morgan fingerprint density at radius 3 is 3.00 bits per heavy atom. The van der Waals surface area contributed by atoms with Gasteiger partial charge in [-0.05, 0) is 6.92 Å². The van der Waals surface area contributed by atoms with Gasteiger partial charge in [-0.25, -0.2) is 9.78 Å². The topological polar surface area (TPSA) is 56.3 Å². The van der Waals surface area contributed by atoms with Gasteiger partial charge in [0.1, 0.15) is 4.88 Å². The van der Waals surface area contributed by atoms with Gasteiger partial charge in [0.25, 0.3) is 0 Å². The van der Waals surface area contributed by atoms with E-state index in [2.05, 4.69) is 16.8 Å². The molecule has 0 aliphatic rings. The van der Waals surface area contributed by atoms with Gasteiger partial charge >= 0.3 is 5.97 Å². The first-order valence-electron chi connectivity index (χ1n) is 4.88. The zero-order valence-electron chi connectivity index (χ0n) is 9.48. The Morgan fingerprint density at radius 1 is 1.59 bits per heavy atom. The Morgan fingerprint density at radius 2 is 2.35 bits per heavy atom. The van der Waals surface area contributed by atoms with Crippen LogP contribution in [0, 0.1) is 11.8 Å². The zero-order valence-corrected chi connectivity index (χ0v) is 11.1. The van der Waals surface area contributed by atoms with Crippen LogP contribution in [0.1, 0.15) is 29.2 Å². The van der Waals surface area contributed by atoms with E-state index < -0.39 is 5.97 Å². The molecule has 0 radical (unpaired) electrons. The molecule has 0 saturated heterocycles. The molecule has 1 aromatic heterocycles. The molecule has 0 aromatic carbocycles. The molecule has 90 valence electrons. The van der Waals surface area contributed by atoms with Crippen molar-refractivity contribution in [1.29, 1.82) is 0 Å². The molecule has 0 aliphatic carbocycles. The molecule has 0 fully saturated rings. The fourth-order valence-electron chi connectivity index (χ4n) is 0.934. The summed E-state index contributed by atoms with van der Waals surface area (Å²) in [4.78, 5) is 26.6. The van der Waals surface area contributed by atoms with E-state index in [0.29, 0.717) is 17.2 Å². The molecule has 0 N–H and O–H groups in total. The minimum atomic E-state index is -0.461. The Kier molecular flexibility index (Phi) is 5.73. The Hall–Kier alpha value is -1.32. The van der Waals surface area contributed by atoms with Crippen molar-refractivity contribution < 1.29 is 14.3 Å². The van der Waals surface area contributed by atoms with Gasteiger partial charge in [-0.1, -0.05) is 23.6 Å². The third kappa shape index (κ3) is 4.59. The standard InChI is InChI=1S/C11H11NO3S2/c1-3-15-11(14)10-9(17-7-12-10)5-4-6-16-8(2)13/h7H,3,6H2,1-2H3. The van der Waals surface area contributed by atoms with Gasteiger partial charge < -0.3 is 4.74 Å². The second-order valence-corrected chi connectivity index (χ2v) is 4.84. The highest BCUT2D eigenvalue weighted by Crippen LogP contribution is 2.13. The third-order valence-corrected chi connectivity index (χ3v) is 3.02. The van der Waals surface area contributed by atoms with Gasteiger partial charge in [0.2, 0.25) is 0 Å². The van der Waals surface area contributed by atoms with Crippen molar-refractivity contribution in [2.45, 2.75) is 13.8 Å². The van der Waals surface area contributed by atoms with Gasteiger partial charge in [-0.3, -0.25) is 4.79 Å². The van der Waals surface area contributed by atoms with Crippen LogP contribution in [0.15, 0.2) is 5.51 Å². The first-order valence-corrected chi connectivity index (χ1v) is 6.74. The van der Waals surface area contributed by atoms with Crippen LogP contribution in [0.5, 0.6) is 0 Å². The molecule has 0 aliphatic heterocycles. The zero-order chi connectivity index (χ0) is 12.7. The Labute approximate surface area is 108 Å². The van der Waals surface area contributed by atoms with E-state index >= 15 is 0 Å². The molecule has 1 heterocycles. The number of rotatable bonds is 3. The van der Waals surface area contributed by atoms with Crippen LogP contribution < -0.4 is 0 Å². The summed E-state index contributed by atoms with van der Waals surface area (Å²) in [5.74, 6) is 5.58. The van der Waals surface area contributed by atoms with Crippen LogP contribution in [0.25, 0.3) is 0 Å². The summed E-state index contributed by atoms with van der Waals surface area (Å²) in [5.41, 5.74) is 1.80. The molecule has 0 unspecified atom stereocenters. The number of carbonyl (C=O) groups is 2. The van der Waals surface area contributed by atoms with Crippen molar-refractivity contribution in [3.8, 4) is 11.8 Å². The molecule has 0 bridgehead atoms. The number of nitrogens with zero attached hydrogens (tertiary/aromatic N) is 1. The SMILES string of the molecule is CCOC(=O)c1ncsc1C#CCSC(C)=O. The fourth-order valence-corrected chi connectivity index (χ4v) is 1.92. The summed E-state index contributed by atoms with van der Waals surface area (Å²) in [6.45, 7) is 3.53. The summed E-state index contributed by atoms with van der Waals surface area (Å²) in [7, 11) is 0. The summed E-state index contributed by atoms with van der Waals surface area (Å²) >= 11 is 2.42. The van der Waals surface area contributed by atoms with Crippen molar-refractivity contribution in [2.24, 2.45) is 0 Å². The Bertz CT molecular complexity index is 471. The predicted octanol–water partition coefficient (Wildman–Crippen LogP) is 1.95. The van der Waals surface area contributed by atoms with E-state index in [1.807, 2.05) is 0 Å². The maximum atomic E-state index is 11.5.